The second-order valence-electron chi connectivity index (χ2n) is 6.24. The van der Waals surface area contributed by atoms with Gasteiger partial charge in [-0.15, -0.1) is 0 Å². The van der Waals surface area contributed by atoms with Crippen LogP contribution in [0.4, 0.5) is 0 Å². The average molecular weight is 338 g/mol. The van der Waals surface area contributed by atoms with Crippen LogP contribution in [0, 0.1) is 17.8 Å². The predicted molar refractivity (Wildman–Crippen MR) is 86.2 cm³/mol. The van der Waals surface area contributed by atoms with Crippen molar-refractivity contribution in [1.82, 2.24) is 5.32 Å². The SMILES string of the molecule is CNC(Cc1cc(Br)ccc1OC)C1C2CCCCC21. The first-order valence-electron chi connectivity index (χ1n) is 7.74. The summed E-state index contributed by atoms with van der Waals surface area (Å²) in [6.45, 7) is 0. The molecule has 0 saturated heterocycles. The number of rotatable bonds is 5. The van der Waals surface area contributed by atoms with Gasteiger partial charge in [0.15, 0.2) is 0 Å². The first-order valence-corrected chi connectivity index (χ1v) is 8.53. The van der Waals surface area contributed by atoms with E-state index >= 15 is 0 Å². The van der Waals surface area contributed by atoms with Gasteiger partial charge in [0.25, 0.3) is 0 Å². The third kappa shape index (κ3) is 2.75. The maximum atomic E-state index is 5.52. The van der Waals surface area contributed by atoms with Gasteiger partial charge in [0.1, 0.15) is 5.75 Å². The van der Waals surface area contributed by atoms with Crippen molar-refractivity contribution >= 4 is 15.9 Å². The van der Waals surface area contributed by atoms with Crippen molar-refractivity contribution in [3.63, 3.8) is 0 Å². The Balaban J connectivity index is 1.73. The molecule has 0 aromatic heterocycles. The lowest BCUT2D eigenvalue weighted by molar-refractivity contribution is 0.399. The first-order chi connectivity index (χ1) is 9.74. The molecule has 2 saturated carbocycles. The minimum absolute atomic E-state index is 0.589. The predicted octanol–water partition coefficient (Wildman–Crippen LogP) is 4.02. The molecule has 2 fully saturated rings. The molecule has 110 valence electrons. The Morgan fingerprint density at radius 3 is 2.60 bits per heavy atom. The van der Waals surface area contributed by atoms with E-state index in [1.54, 1.807) is 7.11 Å². The molecule has 1 aromatic rings. The summed E-state index contributed by atoms with van der Waals surface area (Å²) in [5.74, 6) is 3.86. The maximum Gasteiger partial charge on any atom is 0.122 e. The van der Waals surface area contributed by atoms with Crippen LogP contribution >= 0.6 is 15.9 Å². The second-order valence-corrected chi connectivity index (χ2v) is 7.16. The van der Waals surface area contributed by atoms with Crippen molar-refractivity contribution in [2.24, 2.45) is 17.8 Å². The van der Waals surface area contributed by atoms with Crippen molar-refractivity contribution in [1.29, 1.82) is 0 Å². The van der Waals surface area contributed by atoms with Crippen LogP contribution in [0.1, 0.15) is 31.2 Å². The maximum absolute atomic E-state index is 5.52. The van der Waals surface area contributed by atoms with E-state index in [1.807, 2.05) is 6.07 Å². The Morgan fingerprint density at radius 1 is 1.30 bits per heavy atom. The highest BCUT2D eigenvalue weighted by Crippen LogP contribution is 2.57. The molecule has 0 aliphatic heterocycles. The van der Waals surface area contributed by atoms with Crippen LogP contribution in [0.3, 0.4) is 0 Å². The fourth-order valence-corrected chi connectivity index (χ4v) is 4.63. The summed E-state index contributed by atoms with van der Waals surface area (Å²) < 4.78 is 6.65. The zero-order valence-electron chi connectivity index (χ0n) is 12.4. The number of fused-ring (bicyclic) bond motifs is 1. The zero-order chi connectivity index (χ0) is 14.1. The van der Waals surface area contributed by atoms with Gasteiger partial charge in [0, 0.05) is 10.5 Å². The molecule has 20 heavy (non-hydrogen) atoms. The van der Waals surface area contributed by atoms with Gasteiger partial charge in [0.2, 0.25) is 0 Å². The van der Waals surface area contributed by atoms with Gasteiger partial charge in [-0.2, -0.15) is 0 Å². The zero-order valence-corrected chi connectivity index (χ0v) is 13.9. The highest BCUT2D eigenvalue weighted by atomic mass is 79.9. The molecule has 0 bridgehead atoms. The number of hydrogen-bond donors (Lipinski definition) is 1. The molecule has 2 aliphatic rings. The molecular formula is C17H24BrNO. The van der Waals surface area contributed by atoms with Crippen LogP contribution < -0.4 is 10.1 Å². The van der Waals surface area contributed by atoms with Gasteiger partial charge in [0.05, 0.1) is 7.11 Å². The van der Waals surface area contributed by atoms with Gasteiger partial charge in [-0.3, -0.25) is 0 Å². The highest BCUT2D eigenvalue weighted by molar-refractivity contribution is 9.10. The van der Waals surface area contributed by atoms with Crippen LogP contribution in [0.15, 0.2) is 22.7 Å². The molecule has 2 nitrogen and oxygen atoms in total. The Labute approximate surface area is 130 Å². The molecular weight excluding hydrogens is 314 g/mol. The normalized spacial score (nSPS) is 29.6. The van der Waals surface area contributed by atoms with E-state index in [-0.39, 0.29) is 0 Å². The third-order valence-corrected chi connectivity index (χ3v) is 5.73. The lowest BCUT2D eigenvalue weighted by Crippen LogP contribution is -2.31. The number of halogens is 1. The molecule has 1 N–H and O–H groups in total. The van der Waals surface area contributed by atoms with Gasteiger partial charge < -0.3 is 10.1 Å². The molecule has 3 atom stereocenters. The minimum Gasteiger partial charge on any atom is -0.496 e. The van der Waals surface area contributed by atoms with Gasteiger partial charge in [-0.1, -0.05) is 28.8 Å². The quantitative estimate of drug-likeness (QED) is 0.875. The molecule has 2 aliphatic carbocycles. The van der Waals surface area contributed by atoms with Crippen LogP contribution in [-0.2, 0) is 6.42 Å². The van der Waals surface area contributed by atoms with Crippen molar-refractivity contribution in [2.45, 2.75) is 38.1 Å². The third-order valence-electron chi connectivity index (χ3n) is 5.24. The summed E-state index contributed by atoms with van der Waals surface area (Å²) in [6, 6.07) is 6.90. The van der Waals surface area contributed by atoms with E-state index in [0.717, 1.165) is 34.4 Å². The van der Waals surface area contributed by atoms with E-state index in [0.29, 0.717) is 6.04 Å². The second kappa shape index (κ2) is 6.07. The molecule has 0 heterocycles. The summed E-state index contributed by atoms with van der Waals surface area (Å²) in [7, 11) is 3.87. The standard InChI is InChI=1S/C17H24BrNO/c1-19-15(17-13-5-3-4-6-14(13)17)10-11-9-12(18)7-8-16(11)20-2/h7-9,13-15,17,19H,3-6,10H2,1-2H3. The Morgan fingerprint density at radius 2 is 2.00 bits per heavy atom. The monoisotopic (exact) mass is 337 g/mol. The molecule has 0 spiro atoms. The lowest BCUT2D eigenvalue weighted by atomic mass is 9.99. The summed E-state index contributed by atoms with van der Waals surface area (Å²) in [5.41, 5.74) is 1.31. The van der Waals surface area contributed by atoms with Gasteiger partial charge in [-0.05, 0) is 67.8 Å². The van der Waals surface area contributed by atoms with Crippen LogP contribution in [0.2, 0.25) is 0 Å². The first kappa shape index (κ1) is 14.4. The number of ether oxygens (including phenoxy) is 1. The number of hydrogen-bond acceptors (Lipinski definition) is 2. The largest absolute Gasteiger partial charge is 0.496 e. The summed E-state index contributed by atoms with van der Waals surface area (Å²) in [4.78, 5) is 0. The topological polar surface area (TPSA) is 21.3 Å². The van der Waals surface area contributed by atoms with Crippen LogP contribution in [0.5, 0.6) is 5.75 Å². The molecule has 0 radical (unpaired) electrons. The Kier molecular flexibility index (Phi) is 4.37. The fourth-order valence-electron chi connectivity index (χ4n) is 4.22. The summed E-state index contributed by atoms with van der Waals surface area (Å²) in [6.07, 6.45) is 6.84. The van der Waals surface area contributed by atoms with Gasteiger partial charge >= 0.3 is 0 Å². The number of methoxy groups -OCH3 is 1. The molecule has 3 rings (SSSR count). The van der Waals surface area contributed by atoms with Crippen LogP contribution in [-0.4, -0.2) is 20.2 Å². The number of likely N-dealkylation sites (N-methyl/N-ethyl adjacent to an activating group) is 1. The van der Waals surface area contributed by atoms with Crippen molar-refractivity contribution < 1.29 is 4.74 Å². The smallest absolute Gasteiger partial charge is 0.122 e. The Bertz CT molecular complexity index is 464. The van der Waals surface area contributed by atoms with E-state index in [1.165, 1.54) is 31.2 Å². The number of benzene rings is 1. The minimum atomic E-state index is 0.589. The van der Waals surface area contributed by atoms with Crippen molar-refractivity contribution in [3.05, 3.63) is 28.2 Å². The van der Waals surface area contributed by atoms with E-state index in [2.05, 4.69) is 40.4 Å². The summed E-state index contributed by atoms with van der Waals surface area (Å²) >= 11 is 3.58. The van der Waals surface area contributed by atoms with E-state index in [9.17, 15) is 0 Å². The average Bonchev–Trinajstić information content (AvgIpc) is 3.19. The number of nitrogens with one attached hydrogen (secondary N) is 1. The van der Waals surface area contributed by atoms with Crippen molar-refractivity contribution in [2.75, 3.05) is 14.2 Å². The highest BCUT2D eigenvalue weighted by Gasteiger charge is 2.53. The van der Waals surface area contributed by atoms with Gasteiger partial charge in [-0.25, -0.2) is 0 Å². The van der Waals surface area contributed by atoms with E-state index < -0.39 is 0 Å². The molecule has 3 heteroatoms. The lowest BCUT2D eigenvalue weighted by Gasteiger charge is -2.18. The van der Waals surface area contributed by atoms with Crippen molar-refractivity contribution in [3.8, 4) is 5.75 Å². The molecule has 3 unspecified atom stereocenters. The van der Waals surface area contributed by atoms with Crippen LogP contribution in [0.25, 0.3) is 0 Å². The Hall–Kier alpha value is -0.540. The summed E-state index contributed by atoms with van der Waals surface area (Å²) in [5, 5.41) is 3.57. The fraction of sp³-hybridized carbons (Fsp3) is 0.647. The van der Waals surface area contributed by atoms with E-state index in [4.69, 9.17) is 4.74 Å². The molecule has 1 aromatic carbocycles. The molecule has 0 amide bonds.